The van der Waals surface area contributed by atoms with Crippen molar-refractivity contribution in [2.45, 2.75) is 13.1 Å². The number of nitrogens with one attached hydrogen (secondary N) is 2. The van der Waals surface area contributed by atoms with Crippen LogP contribution < -0.4 is 5.32 Å². The Morgan fingerprint density at radius 2 is 2.14 bits per heavy atom. The van der Waals surface area contributed by atoms with Crippen molar-refractivity contribution in [3.8, 4) is 11.4 Å². The molecule has 0 unspecified atom stereocenters. The Labute approximate surface area is 163 Å². The van der Waals surface area contributed by atoms with Crippen LogP contribution in [0.3, 0.4) is 0 Å². The topological polar surface area (TPSA) is 98.5 Å². The molecule has 0 spiro atoms. The molecule has 1 aromatic carbocycles. The summed E-state index contributed by atoms with van der Waals surface area (Å²) in [7, 11) is 1.83. The lowest BCUT2D eigenvalue weighted by molar-refractivity contribution is 0.169. The summed E-state index contributed by atoms with van der Waals surface area (Å²) in [5, 5.41) is 14.3. The first-order valence-corrected chi connectivity index (χ1v) is 9.34. The number of hydrogen-bond donors (Lipinski definition) is 2. The van der Waals surface area contributed by atoms with Gasteiger partial charge in [0.05, 0.1) is 5.69 Å². The maximum Gasteiger partial charge on any atom is 0.194 e. The Morgan fingerprint density at radius 1 is 1.25 bits per heavy atom. The van der Waals surface area contributed by atoms with Crippen molar-refractivity contribution in [2.24, 2.45) is 4.99 Å². The van der Waals surface area contributed by atoms with Crippen LogP contribution in [0.15, 0.2) is 52.4 Å². The number of guanidine groups is 1. The van der Waals surface area contributed by atoms with Crippen LogP contribution in [-0.4, -0.2) is 69.3 Å². The number of rotatable bonds is 5. The van der Waals surface area contributed by atoms with E-state index in [9.17, 15) is 0 Å². The van der Waals surface area contributed by atoms with Crippen molar-refractivity contribution in [1.82, 2.24) is 35.5 Å². The van der Waals surface area contributed by atoms with Crippen LogP contribution in [0.1, 0.15) is 11.3 Å². The number of nitrogens with zero attached hydrogens (tertiary/aromatic N) is 6. The molecule has 9 heteroatoms. The zero-order chi connectivity index (χ0) is 19.2. The van der Waals surface area contributed by atoms with Gasteiger partial charge in [-0.25, -0.2) is 4.98 Å². The molecule has 3 aromatic rings. The van der Waals surface area contributed by atoms with E-state index < -0.39 is 0 Å². The van der Waals surface area contributed by atoms with Crippen molar-refractivity contribution in [3.05, 3.63) is 54.2 Å². The van der Waals surface area contributed by atoms with Crippen molar-refractivity contribution in [2.75, 3.05) is 33.2 Å². The Hall–Kier alpha value is -3.20. The molecule has 1 saturated heterocycles. The summed E-state index contributed by atoms with van der Waals surface area (Å²) < 4.78 is 4.91. The highest BCUT2D eigenvalue weighted by Gasteiger charge is 2.20. The lowest BCUT2D eigenvalue weighted by atomic mass is 10.1. The fraction of sp³-hybridized carbons (Fsp3) is 0.368. The summed E-state index contributed by atoms with van der Waals surface area (Å²) in [6.07, 6.45) is 3.14. The average molecular weight is 380 g/mol. The molecule has 0 radical (unpaired) electrons. The molecular weight excluding hydrogens is 356 g/mol. The first kappa shape index (κ1) is 18.2. The molecule has 4 rings (SSSR count). The van der Waals surface area contributed by atoms with Crippen LogP contribution in [0.5, 0.6) is 0 Å². The monoisotopic (exact) mass is 380 g/mol. The fourth-order valence-corrected chi connectivity index (χ4v) is 3.35. The van der Waals surface area contributed by atoms with E-state index in [4.69, 9.17) is 4.52 Å². The Bertz CT molecular complexity index is 883. The van der Waals surface area contributed by atoms with Gasteiger partial charge in [0.2, 0.25) is 0 Å². The van der Waals surface area contributed by atoms with Gasteiger partial charge in [0, 0.05) is 57.9 Å². The molecule has 2 aromatic heterocycles. The van der Waals surface area contributed by atoms with Gasteiger partial charge >= 0.3 is 0 Å². The number of aromatic amines is 1. The van der Waals surface area contributed by atoms with Crippen LogP contribution in [0.2, 0.25) is 0 Å². The third kappa shape index (κ3) is 4.37. The largest absolute Gasteiger partial charge is 0.364 e. The molecule has 0 bridgehead atoms. The normalized spacial score (nSPS) is 15.8. The van der Waals surface area contributed by atoms with Gasteiger partial charge in [-0.05, 0) is 11.6 Å². The van der Waals surface area contributed by atoms with Gasteiger partial charge in [-0.1, -0.05) is 23.4 Å². The molecule has 0 amide bonds. The summed E-state index contributed by atoms with van der Waals surface area (Å²) in [6.45, 7) is 5.31. The highest BCUT2D eigenvalue weighted by Crippen LogP contribution is 2.15. The minimum absolute atomic E-state index is 0.702. The van der Waals surface area contributed by atoms with Gasteiger partial charge < -0.3 is 14.7 Å². The quantitative estimate of drug-likeness (QED) is 0.509. The van der Waals surface area contributed by atoms with Crippen LogP contribution >= 0.6 is 0 Å². The number of hydrogen-bond acceptors (Lipinski definition) is 6. The van der Waals surface area contributed by atoms with E-state index in [1.165, 1.54) is 11.9 Å². The molecule has 9 nitrogen and oxygen atoms in total. The Morgan fingerprint density at radius 3 is 2.86 bits per heavy atom. The predicted octanol–water partition coefficient (Wildman–Crippen LogP) is 1.35. The lowest BCUT2D eigenvalue weighted by Gasteiger charge is -2.36. The first-order valence-electron chi connectivity index (χ1n) is 9.34. The smallest absolute Gasteiger partial charge is 0.194 e. The Kier molecular flexibility index (Phi) is 5.62. The molecule has 0 aliphatic carbocycles. The van der Waals surface area contributed by atoms with E-state index in [2.05, 4.69) is 52.6 Å². The van der Waals surface area contributed by atoms with Crippen LogP contribution in [0.4, 0.5) is 0 Å². The van der Waals surface area contributed by atoms with E-state index in [0.29, 0.717) is 6.54 Å². The van der Waals surface area contributed by atoms with Crippen LogP contribution in [0.25, 0.3) is 11.4 Å². The van der Waals surface area contributed by atoms with Gasteiger partial charge in [0.1, 0.15) is 12.6 Å². The number of aromatic nitrogens is 4. The molecule has 2 N–H and O–H groups in total. The minimum Gasteiger partial charge on any atom is -0.364 e. The van der Waals surface area contributed by atoms with Gasteiger partial charge in [-0.2, -0.15) is 5.10 Å². The second kappa shape index (κ2) is 8.66. The van der Waals surface area contributed by atoms with Crippen LogP contribution in [0, 0.1) is 0 Å². The number of benzene rings is 1. The third-order valence-electron chi connectivity index (χ3n) is 4.83. The van der Waals surface area contributed by atoms with Gasteiger partial charge in [-0.15, -0.1) is 0 Å². The first-order chi connectivity index (χ1) is 13.8. The van der Waals surface area contributed by atoms with Crippen molar-refractivity contribution >= 4 is 5.96 Å². The molecule has 1 aliphatic rings. The average Bonchev–Trinajstić information content (AvgIpc) is 3.44. The molecule has 3 heterocycles. The maximum absolute atomic E-state index is 4.91. The van der Waals surface area contributed by atoms with Crippen molar-refractivity contribution in [1.29, 1.82) is 0 Å². The summed E-state index contributed by atoms with van der Waals surface area (Å²) in [5.41, 5.74) is 3.16. The highest BCUT2D eigenvalue weighted by atomic mass is 16.5. The highest BCUT2D eigenvalue weighted by molar-refractivity contribution is 5.80. The SMILES string of the molecule is CN=C(NCc1cccc(-c2ncn[nH]2)c1)N1CCN(Cc2ccon2)CC1. The van der Waals surface area contributed by atoms with E-state index in [-0.39, 0.29) is 0 Å². The van der Waals surface area contributed by atoms with Crippen molar-refractivity contribution < 1.29 is 4.52 Å². The fourth-order valence-electron chi connectivity index (χ4n) is 3.35. The molecule has 1 aliphatic heterocycles. The maximum atomic E-state index is 4.91. The third-order valence-corrected chi connectivity index (χ3v) is 4.83. The van der Waals surface area contributed by atoms with Gasteiger partial charge in [0.25, 0.3) is 0 Å². The van der Waals surface area contributed by atoms with E-state index in [1.807, 2.05) is 25.2 Å². The molecular formula is C19H24N8O. The summed E-state index contributed by atoms with van der Waals surface area (Å²) in [4.78, 5) is 13.3. The molecule has 146 valence electrons. The predicted molar refractivity (Wildman–Crippen MR) is 105 cm³/mol. The van der Waals surface area contributed by atoms with Gasteiger partial charge in [-0.3, -0.25) is 15.0 Å². The summed E-state index contributed by atoms with van der Waals surface area (Å²) in [6, 6.07) is 10.2. The summed E-state index contributed by atoms with van der Waals surface area (Å²) in [5.74, 6) is 1.70. The molecule has 1 fully saturated rings. The number of aliphatic imine (C=N–C) groups is 1. The second-order valence-electron chi connectivity index (χ2n) is 6.69. The molecule has 0 saturated carbocycles. The van der Waals surface area contributed by atoms with Gasteiger partial charge in [0.15, 0.2) is 11.8 Å². The van der Waals surface area contributed by atoms with E-state index in [1.54, 1.807) is 6.26 Å². The van der Waals surface area contributed by atoms with E-state index >= 15 is 0 Å². The van der Waals surface area contributed by atoms with E-state index in [0.717, 1.165) is 55.8 Å². The number of H-pyrrole nitrogens is 1. The number of piperazine rings is 1. The summed E-state index contributed by atoms with van der Waals surface area (Å²) >= 11 is 0. The standard InChI is InChI=1S/C19H24N8O/c1-20-19(27-8-6-26(7-9-27)13-17-5-10-28-25-17)21-12-15-3-2-4-16(11-15)18-22-14-23-24-18/h2-5,10-11,14H,6-9,12-13H2,1H3,(H,20,21)(H,22,23,24). The Balaban J connectivity index is 1.30. The van der Waals surface area contributed by atoms with Crippen molar-refractivity contribution in [3.63, 3.8) is 0 Å². The zero-order valence-corrected chi connectivity index (χ0v) is 15.9. The lowest BCUT2D eigenvalue weighted by Crippen LogP contribution is -2.52. The van der Waals surface area contributed by atoms with Crippen LogP contribution in [-0.2, 0) is 13.1 Å². The zero-order valence-electron chi connectivity index (χ0n) is 15.9. The molecule has 28 heavy (non-hydrogen) atoms. The second-order valence-corrected chi connectivity index (χ2v) is 6.69. The minimum atomic E-state index is 0.702. The molecule has 0 atom stereocenters.